The predicted octanol–water partition coefficient (Wildman–Crippen LogP) is 2.65. The van der Waals surface area contributed by atoms with Gasteiger partial charge in [-0.1, -0.05) is 30.3 Å². The molecule has 0 spiro atoms. The molecule has 0 aliphatic rings. The van der Waals surface area contributed by atoms with Gasteiger partial charge in [-0.25, -0.2) is 4.79 Å². The van der Waals surface area contributed by atoms with Crippen molar-refractivity contribution in [2.24, 2.45) is 0 Å². The number of amides is 1. The molecule has 0 bridgehead atoms. The fourth-order valence-electron chi connectivity index (χ4n) is 2.34. The standard InChI is InChI=1S/C19H19F2NO5/c20-19(21)27-16-4-2-1-3-14(16)11-17(23)22-10-9-13-5-7-15(8-6-13)26-12-18(24)25/h1-8,19H,9-12H2,(H,22,23)(H,24,25). The average Bonchev–Trinajstić information content (AvgIpc) is 2.62. The molecule has 2 aromatic carbocycles. The zero-order chi connectivity index (χ0) is 19.6. The van der Waals surface area contributed by atoms with Crippen molar-refractivity contribution in [2.45, 2.75) is 19.5 Å². The van der Waals surface area contributed by atoms with Gasteiger partial charge >= 0.3 is 12.6 Å². The van der Waals surface area contributed by atoms with Gasteiger partial charge in [-0.15, -0.1) is 0 Å². The Morgan fingerprint density at radius 2 is 1.78 bits per heavy atom. The van der Waals surface area contributed by atoms with Crippen molar-refractivity contribution in [3.63, 3.8) is 0 Å². The molecule has 8 heteroatoms. The Bertz CT molecular complexity index is 765. The van der Waals surface area contributed by atoms with Crippen LogP contribution < -0.4 is 14.8 Å². The second-order valence-corrected chi connectivity index (χ2v) is 5.59. The van der Waals surface area contributed by atoms with Crippen LogP contribution in [0.5, 0.6) is 11.5 Å². The van der Waals surface area contributed by atoms with Gasteiger partial charge in [0.25, 0.3) is 0 Å². The van der Waals surface area contributed by atoms with E-state index in [2.05, 4.69) is 10.1 Å². The first-order valence-electron chi connectivity index (χ1n) is 8.17. The van der Waals surface area contributed by atoms with E-state index < -0.39 is 19.2 Å². The Morgan fingerprint density at radius 3 is 2.44 bits per heavy atom. The molecule has 0 fully saturated rings. The Labute approximate surface area is 154 Å². The highest BCUT2D eigenvalue weighted by Gasteiger charge is 2.12. The molecule has 2 aromatic rings. The monoisotopic (exact) mass is 379 g/mol. The summed E-state index contributed by atoms with van der Waals surface area (Å²) in [6, 6.07) is 13.0. The summed E-state index contributed by atoms with van der Waals surface area (Å²) in [6.07, 6.45) is 0.491. The van der Waals surface area contributed by atoms with Crippen LogP contribution in [-0.2, 0) is 22.4 Å². The number of alkyl halides is 2. The van der Waals surface area contributed by atoms with Gasteiger partial charge < -0.3 is 19.9 Å². The molecule has 0 heterocycles. The van der Waals surface area contributed by atoms with Gasteiger partial charge in [0.2, 0.25) is 5.91 Å². The quantitative estimate of drug-likeness (QED) is 0.663. The summed E-state index contributed by atoms with van der Waals surface area (Å²) in [4.78, 5) is 22.5. The van der Waals surface area contributed by atoms with E-state index in [0.717, 1.165) is 5.56 Å². The molecular formula is C19H19F2NO5. The highest BCUT2D eigenvalue weighted by molar-refractivity contribution is 5.79. The molecule has 0 radical (unpaired) electrons. The van der Waals surface area contributed by atoms with Crippen LogP contribution in [0.25, 0.3) is 0 Å². The van der Waals surface area contributed by atoms with Crippen LogP contribution in [0.1, 0.15) is 11.1 Å². The number of carbonyl (C=O) groups excluding carboxylic acids is 1. The molecule has 0 unspecified atom stereocenters. The Kier molecular flexibility index (Phi) is 7.54. The SMILES string of the molecule is O=C(O)COc1ccc(CCNC(=O)Cc2ccccc2OC(F)F)cc1. The zero-order valence-corrected chi connectivity index (χ0v) is 14.4. The van der Waals surface area contributed by atoms with Crippen molar-refractivity contribution in [1.82, 2.24) is 5.32 Å². The molecule has 144 valence electrons. The van der Waals surface area contributed by atoms with Crippen molar-refractivity contribution in [3.05, 3.63) is 59.7 Å². The molecule has 0 saturated heterocycles. The minimum absolute atomic E-state index is 0.0143. The van der Waals surface area contributed by atoms with Crippen LogP contribution in [-0.4, -0.2) is 36.7 Å². The maximum absolute atomic E-state index is 12.4. The Hall–Kier alpha value is -3.16. The van der Waals surface area contributed by atoms with E-state index in [-0.39, 0.29) is 18.1 Å². The summed E-state index contributed by atoms with van der Waals surface area (Å²) < 4.78 is 34.2. The van der Waals surface area contributed by atoms with Gasteiger partial charge in [-0.3, -0.25) is 4.79 Å². The lowest BCUT2D eigenvalue weighted by Gasteiger charge is -2.11. The summed E-state index contributed by atoms with van der Waals surface area (Å²) >= 11 is 0. The molecule has 0 aliphatic carbocycles. The van der Waals surface area contributed by atoms with E-state index in [0.29, 0.717) is 24.3 Å². The number of benzene rings is 2. The third-order valence-corrected chi connectivity index (χ3v) is 3.56. The fraction of sp³-hybridized carbons (Fsp3) is 0.263. The van der Waals surface area contributed by atoms with Crippen LogP contribution in [0, 0.1) is 0 Å². The van der Waals surface area contributed by atoms with Crippen molar-refractivity contribution in [2.75, 3.05) is 13.2 Å². The first kappa shape index (κ1) is 20.2. The highest BCUT2D eigenvalue weighted by Crippen LogP contribution is 2.20. The number of hydrogen-bond acceptors (Lipinski definition) is 4. The number of carboxylic acid groups (broad SMARTS) is 1. The number of para-hydroxylation sites is 1. The summed E-state index contributed by atoms with van der Waals surface area (Å²) in [5, 5.41) is 11.3. The summed E-state index contributed by atoms with van der Waals surface area (Å²) in [7, 11) is 0. The largest absolute Gasteiger partial charge is 0.482 e. The molecule has 1 amide bonds. The van der Waals surface area contributed by atoms with Crippen LogP contribution in [0.4, 0.5) is 8.78 Å². The van der Waals surface area contributed by atoms with Crippen molar-refractivity contribution in [1.29, 1.82) is 0 Å². The smallest absolute Gasteiger partial charge is 0.387 e. The fourth-order valence-corrected chi connectivity index (χ4v) is 2.34. The summed E-state index contributed by atoms with van der Waals surface area (Å²) in [5.41, 5.74) is 1.31. The van der Waals surface area contributed by atoms with Crippen LogP contribution in [0.2, 0.25) is 0 Å². The van der Waals surface area contributed by atoms with E-state index >= 15 is 0 Å². The van der Waals surface area contributed by atoms with E-state index in [1.54, 1.807) is 42.5 Å². The maximum atomic E-state index is 12.4. The number of hydrogen-bond donors (Lipinski definition) is 2. The molecule has 2 rings (SSSR count). The van der Waals surface area contributed by atoms with E-state index in [4.69, 9.17) is 9.84 Å². The second-order valence-electron chi connectivity index (χ2n) is 5.59. The minimum atomic E-state index is -2.95. The average molecular weight is 379 g/mol. The lowest BCUT2D eigenvalue weighted by Crippen LogP contribution is -2.27. The lowest BCUT2D eigenvalue weighted by atomic mass is 10.1. The van der Waals surface area contributed by atoms with Gasteiger partial charge in [0.05, 0.1) is 6.42 Å². The van der Waals surface area contributed by atoms with Crippen LogP contribution >= 0.6 is 0 Å². The highest BCUT2D eigenvalue weighted by atomic mass is 19.3. The van der Waals surface area contributed by atoms with Gasteiger partial charge in [0, 0.05) is 12.1 Å². The van der Waals surface area contributed by atoms with Crippen molar-refractivity contribution < 1.29 is 33.0 Å². The molecule has 2 N–H and O–H groups in total. The number of nitrogens with one attached hydrogen (secondary N) is 1. The third kappa shape index (κ3) is 7.31. The van der Waals surface area contributed by atoms with E-state index in [1.807, 2.05) is 0 Å². The minimum Gasteiger partial charge on any atom is -0.482 e. The van der Waals surface area contributed by atoms with Crippen molar-refractivity contribution in [3.8, 4) is 11.5 Å². The second kappa shape index (κ2) is 10.1. The van der Waals surface area contributed by atoms with Crippen molar-refractivity contribution >= 4 is 11.9 Å². The van der Waals surface area contributed by atoms with Gasteiger partial charge in [-0.2, -0.15) is 8.78 Å². The first-order chi connectivity index (χ1) is 12.9. The lowest BCUT2D eigenvalue weighted by molar-refractivity contribution is -0.139. The van der Waals surface area contributed by atoms with E-state index in [1.165, 1.54) is 6.07 Å². The Morgan fingerprint density at radius 1 is 1.07 bits per heavy atom. The molecule has 0 aromatic heterocycles. The number of aliphatic carboxylic acids is 1. The molecule has 27 heavy (non-hydrogen) atoms. The third-order valence-electron chi connectivity index (χ3n) is 3.56. The first-order valence-corrected chi connectivity index (χ1v) is 8.17. The molecular weight excluding hydrogens is 360 g/mol. The number of rotatable bonds is 10. The van der Waals surface area contributed by atoms with Crippen LogP contribution in [0.3, 0.4) is 0 Å². The molecule has 0 aliphatic heterocycles. The number of halogens is 2. The zero-order valence-electron chi connectivity index (χ0n) is 14.4. The maximum Gasteiger partial charge on any atom is 0.387 e. The molecule has 6 nitrogen and oxygen atoms in total. The van der Waals surface area contributed by atoms with Gasteiger partial charge in [0.1, 0.15) is 11.5 Å². The number of carbonyl (C=O) groups is 2. The topological polar surface area (TPSA) is 84.9 Å². The summed E-state index contributed by atoms with van der Waals surface area (Å²) in [5.74, 6) is -0.926. The normalized spacial score (nSPS) is 10.5. The number of carboxylic acids is 1. The molecule has 0 saturated carbocycles. The van der Waals surface area contributed by atoms with Crippen LogP contribution in [0.15, 0.2) is 48.5 Å². The number of ether oxygens (including phenoxy) is 2. The summed E-state index contributed by atoms with van der Waals surface area (Å²) in [6.45, 7) is -2.99. The predicted molar refractivity (Wildman–Crippen MR) is 93.1 cm³/mol. The Balaban J connectivity index is 1.79. The van der Waals surface area contributed by atoms with E-state index in [9.17, 15) is 18.4 Å². The van der Waals surface area contributed by atoms with Gasteiger partial charge in [0.15, 0.2) is 6.61 Å². The molecule has 0 atom stereocenters. The van der Waals surface area contributed by atoms with Gasteiger partial charge in [-0.05, 0) is 30.2 Å².